The van der Waals surface area contributed by atoms with Gasteiger partial charge in [0.1, 0.15) is 5.60 Å². The zero-order chi connectivity index (χ0) is 16.2. The topological polar surface area (TPSA) is 38.3 Å². The van der Waals surface area contributed by atoms with Crippen molar-refractivity contribution in [3.8, 4) is 0 Å². The van der Waals surface area contributed by atoms with E-state index in [1.807, 2.05) is 20.8 Å². The molecule has 1 aromatic heterocycles. The van der Waals surface area contributed by atoms with Gasteiger partial charge < -0.3 is 4.74 Å². The number of anilines is 1. The van der Waals surface area contributed by atoms with E-state index in [0.29, 0.717) is 5.41 Å². The monoisotopic (exact) mass is 333 g/mol. The van der Waals surface area contributed by atoms with Gasteiger partial charge in [-0.3, -0.25) is 5.32 Å². The summed E-state index contributed by atoms with van der Waals surface area (Å²) in [6.07, 6.45) is 7.95. The first kappa shape index (κ1) is 15.5. The Morgan fingerprint density at radius 3 is 2.22 bits per heavy atom. The number of carbonyl (C=O) groups excluding carboxylic acids is 1. The quantitative estimate of drug-likeness (QED) is 0.769. The number of hydrogen-bond donors (Lipinski definition) is 1. The van der Waals surface area contributed by atoms with Crippen LogP contribution in [0.1, 0.15) is 64.9 Å². The van der Waals surface area contributed by atoms with E-state index in [0.717, 1.165) is 23.4 Å². The fourth-order valence-electron chi connectivity index (χ4n) is 5.66. The van der Waals surface area contributed by atoms with Crippen LogP contribution in [0, 0.1) is 17.8 Å². The summed E-state index contributed by atoms with van der Waals surface area (Å²) in [5.74, 6) is 2.74. The number of nitrogens with one attached hydrogen (secondary N) is 1. The highest BCUT2D eigenvalue weighted by molar-refractivity contribution is 7.08. The minimum Gasteiger partial charge on any atom is -0.444 e. The van der Waals surface area contributed by atoms with Crippen LogP contribution in [-0.2, 0) is 10.2 Å². The van der Waals surface area contributed by atoms with Crippen molar-refractivity contribution in [1.29, 1.82) is 0 Å². The van der Waals surface area contributed by atoms with Crippen LogP contribution >= 0.6 is 11.3 Å². The molecule has 0 aliphatic heterocycles. The maximum absolute atomic E-state index is 12.2. The second kappa shape index (κ2) is 5.23. The minimum atomic E-state index is -0.457. The van der Waals surface area contributed by atoms with Crippen molar-refractivity contribution < 1.29 is 9.53 Å². The lowest BCUT2D eigenvalue weighted by Crippen LogP contribution is -2.48. The summed E-state index contributed by atoms with van der Waals surface area (Å²) in [5, 5.41) is 7.38. The number of rotatable bonds is 2. The molecular formula is C19H27NO2S. The molecule has 4 heteroatoms. The average molecular weight is 333 g/mol. The highest BCUT2D eigenvalue weighted by Crippen LogP contribution is 2.62. The Labute approximate surface area is 142 Å². The molecule has 4 aliphatic carbocycles. The summed E-state index contributed by atoms with van der Waals surface area (Å²) >= 11 is 1.70. The molecule has 0 aromatic carbocycles. The van der Waals surface area contributed by atoms with Gasteiger partial charge in [0, 0.05) is 5.38 Å². The average Bonchev–Trinajstić information content (AvgIpc) is 2.83. The number of carbonyl (C=O) groups is 1. The summed E-state index contributed by atoms with van der Waals surface area (Å²) in [7, 11) is 0. The lowest BCUT2D eigenvalue weighted by molar-refractivity contribution is -0.00469. The normalized spacial score (nSPS) is 35.3. The highest BCUT2D eigenvalue weighted by atomic mass is 32.1. The Morgan fingerprint density at radius 2 is 1.70 bits per heavy atom. The second-order valence-electron chi connectivity index (χ2n) is 9.02. The molecule has 0 saturated heterocycles. The van der Waals surface area contributed by atoms with E-state index in [1.165, 1.54) is 44.1 Å². The van der Waals surface area contributed by atoms with Crippen molar-refractivity contribution in [2.45, 2.75) is 70.3 Å². The van der Waals surface area contributed by atoms with Gasteiger partial charge in [-0.1, -0.05) is 0 Å². The van der Waals surface area contributed by atoms with Crippen LogP contribution < -0.4 is 5.32 Å². The molecule has 5 rings (SSSR count). The van der Waals surface area contributed by atoms with Crippen molar-refractivity contribution in [3.63, 3.8) is 0 Å². The van der Waals surface area contributed by atoms with E-state index < -0.39 is 5.60 Å². The molecule has 4 aliphatic rings. The maximum atomic E-state index is 12.2. The lowest BCUT2D eigenvalue weighted by Gasteiger charge is -2.57. The summed E-state index contributed by atoms with van der Waals surface area (Å²) in [4.78, 5) is 12.2. The van der Waals surface area contributed by atoms with Crippen LogP contribution in [0.3, 0.4) is 0 Å². The van der Waals surface area contributed by atoms with Crippen LogP contribution in [0.2, 0.25) is 0 Å². The van der Waals surface area contributed by atoms with Gasteiger partial charge in [0.25, 0.3) is 0 Å². The van der Waals surface area contributed by atoms with Crippen LogP contribution in [0.15, 0.2) is 10.8 Å². The molecule has 1 aromatic rings. The zero-order valence-corrected chi connectivity index (χ0v) is 15.2. The van der Waals surface area contributed by atoms with Crippen molar-refractivity contribution in [2.75, 3.05) is 5.32 Å². The fourth-order valence-corrected chi connectivity index (χ4v) is 6.56. The van der Waals surface area contributed by atoms with Crippen molar-refractivity contribution in [2.24, 2.45) is 17.8 Å². The number of thiophene rings is 1. The van der Waals surface area contributed by atoms with Gasteiger partial charge in [-0.25, -0.2) is 4.79 Å². The first-order valence-corrected chi connectivity index (χ1v) is 9.84. The van der Waals surface area contributed by atoms with Gasteiger partial charge in [0.05, 0.1) is 5.69 Å². The van der Waals surface area contributed by atoms with Crippen LogP contribution in [-0.4, -0.2) is 11.7 Å². The summed E-state index contributed by atoms with van der Waals surface area (Å²) < 4.78 is 5.44. The second-order valence-corrected chi connectivity index (χ2v) is 9.77. The standard InChI is InChI=1S/C19H27NO2S/c1-18(2,3)22-17(21)20-16-11-23-10-15(16)19-7-12-4-13(8-19)6-14(5-12)9-19/h10-14H,4-9H2,1-3H3,(H,20,21). The molecule has 3 nitrogen and oxygen atoms in total. The first-order valence-electron chi connectivity index (χ1n) is 8.90. The predicted octanol–water partition coefficient (Wildman–Crippen LogP) is 5.56. The van der Waals surface area contributed by atoms with Crippen molar-refractivity contribution in [3.05, 3.63) is 16.3 Å². The minimum absolute atomic E-state index is 0.319. The smallest absolute Gasteiger partial charge is 0.412 e. The predicted molar refractivity (Wildman–Crippen MR) is 94.0 cm³/mol. The van der Waals surface area contributed by atoms with Crippen LogP contribution in [0.5, 0.6) is 0 Å². The molecule has 0 spiro atoms. The first-order chi connectivity index (χ1) is 10.8. The van der Waals surface area contributed by atoms with Gasteiger partial charge in [-0.15, -0.1) is 11.3 Å². The SMILES string of the molecule is CC(C)(C)OC(=O)Nc1cscc1C12CC3CC(CC(C3)C1)C2. The van der Waals surface area contributed by atoms with Gasteiger partial charge in [-0.05, 0) is 93.4 Å². The molecule has 4 bridgehead atoms. The number of hydrogen-bond acceptors (Lipinski definition) is 3. The zero-order valence-electron chi connectivity index (χ0n) is 14.4. The molecule has 23 heavy (non-hydrogen) atoms. The molecule has 0 radical (unpaired) electrons. The third-order valence-electron chi connectivity index (χ3n) is 5.91. The molecule has 1 heterocycles. The van der Waals surface area contributed by atoms with Gasteiger partial charge in [0.2, 0.25) is 0 Å². The Balaban J connectivity index is 1.57. The van der Waals surface area contributed by atoms with Crippen LogP contribution in [0.4, 0.5) is 10.5 Å². The van der Waals surface area contributed by atoms with Gasteiger partial charge in [-0.2, -0.15) is 0 Å². The molecule has 1 amide bonds. The van der Waals surface area contributed by atoms with Gasteiger partial charge >= 0.3 is 6.09 Å². The third-order valence-corrected chi connectivity index (χ3v) is 6.65. The van der Waals surface area contributed by atoms with E-state index in [2.05, 4.69) is 16.1 Å². The number of ether oxygens (including phenoxy) is 1. The Hall–Kier alpha value is -1.03. The number of amides is 1. The largest absolute Gasteiger partial charge is 0.444 e. The van der Waals surface area contributed by atoms with Crippen LogP contribution in [0.25, 0.3) is 0 Å². The maximum Gasteiger partial charge on any atom is 0.412 e. The van der Waals surface area contributed by atoms with E-state index >= 15 is 0 Å². The van der Waals surface area contributed by atoms with Crippen molar-refractivity contribution in [1.82, 2.24) is 0 Å². The summed E-state index contributed by atoms with van der Waals surface area (Å²) in [5.41, 5.74) is 2.23. The molecule has 4 fully saturated rings. The fraction of sp³-hybridized carbons (Fsp3) is 0.737. The Morgan fingerprint density at radius 1 is 1.13 bits per heavy atom. The molecule has 1 N–H and O–H groups in total. The Kier molecular flexibility index (Phi) is 3.53. The van der Waals surface area contributed by atoms with E-state index in [1.54, 1.807) is 11.3 Å². The van der Waals surface area contributed by atoms with E-state index in [4.69, 9.17) is 4.74 Å². The lowest BCUT2D eigenvalue weighted by atomic mass is 9.48. The molecule has 0 atom stereocenters. The summed E-state index contributed by atoms with van der Waals surface area (Å²) in [6, 6.07) is 0. The summed E-state index contributed by atoms with van der Waals surface area (Å²) in [6.45, 7) is 5.71. The molecule has 0 unspecified atom stereocenters. The molecular weight excluding hydrogens is 306 g/mol. The molecule has 4 saturated carbocycles. The Bertz CT molecular complexity index is 578. The molecule has 126 valence electrons. The van der Waals surface area contributed by atoms with E-state index in [9.17, 15) is 4.79 Å². The van der Waals surface area contributed by atoms with Gasteiger partial charge in [0.15, 0.2) is 0 Å². The highest BCUT2D eigenvalue weighted by Gasteiger charge is 2.52. The third kappa shape index (κ3) is 2.90. The van der Waals surface area contributed by atoms with Crippen molar-refractivity contribution >= 4 is 23.1 Å². The van der Waals surface area contributed by atoms with E-state index in [-0.39, 0.29) is 6.09 Å².